The first-order valence-electron chi connectivity index (χ1n) is 24.0. The molecule has 6 rings (SSSR count). The Bertz CT molecular complexity index is 2530. The number of benzene rings is 6. The van der Waals surface area contributed by atoms with Gasteiger partial charge in [-0.1, -0.05) is 86.6 Å². The molecule has 6 aromatic carbocycles. The number of methoxy groups -OCH3 is 4. The number of nitriles is 1. The van der Waals surface area contributed by atoms with Crippen molar-refractivity contribution in [2.45, 2.75) is 80.9 Å². The van der Waals surface area contributed by atoms with Gasteiger partial charge in [-0.05, 0) is 134 Å². The third kappa shape index (κ3) is 15.3. The zero-order chi connectivity index (χ0) is 53.6. The molecule has 0 saturated heterocycles. The number of nitrogens with one attached hydrogen (secondary N) is 2. The number of hydrogen-bond donors (Lipinski definition) is 3. The van der Waals surface area contributed by atoms with Gasteiger partial charge in [0.1, 0.15) is 29.7 Å². The van der Waals surface area contributed by atoms with Gasteiger partial charge < -0.3 is 33.1 Å². The third-order valence-corrected chi connectivity index (χ3v) is 15.8. The summed E-state index contributed by atoms with van der Waals surface area (Å²) in [6.07, 6.45) is 3.61. The number of aliphatic hydroxyl groups is 1. The van der Waals surface area contributed by atoms with Crippen LogP contribution in [0.2, 0.25) is 0 Å². The summed E-state index contributed by atoms with van der Waals surface area (Å²) >= 11 is 0. The van der Waals surface area contributed by atoms with Crippen molar-refractivity contribution in [2.75, 3.05) is 61.0 Å². The van der Waals surface area contributed by atoms with E-state index in [1.54, 1.807) is 41.0 Å². The fraction of sp³-hybridized carbons (Fsp3) is 0.351. The van der Waals surface area contributed by atoms with Crippen LogP contribution in [0.1, 0.15) is 81.3 Å². The predicted octanol–water partition coefficient (Wildman–Crippen LogP) is 10.9. The lowest BCUT2D eigenvalue weighted by Crippen LogP contribution is -2.46. The third-order valence-electron chi connectivity index (χ3n) is 11.8. The Morgan fingerprint density at radius 3 is 1.07 bits per heavy atom. The van der Waals surface area contributed by atoms with E-state index >= 15 is 0 Å². The standard InChI is InChI=1S/C32H42N3O5PS.C23H25NO4S.C2H6/c1-24(2)35(25(3)4)41(39-22-8-21-33)40-23-34-32(26-9-15-29(37-5)16-10-26,27-11-17-30(38-6)18-12-27)28-13-19-31(20-14-28)42(7)36;1-27-20-10-4-17(5-11-20)23(24-16-25,18-6-12-21(28-2)13-7-18)19-8-14-22(15-9-19)29(3)26;1-2/h9-20,24-25,34H,8,22-23H2,1-7H3;4-15,24-25H,16H2,1-3H3;1-2H3. The Morgan fingerprint density at radius 1 is 0.534 bits per heavy atom. The summed E-state index contributed by atoms with van der Waals surface area (Å²) in [5, 5.41) is 26.0. The zero-order valence-electron chi connectivity index (χ0n) is 44.2. The summed E-state index contributed by atoms with van der Waals surface area (Å²) in [4.78, 5) is 1.49. The first-order chi connectivity index (χ1) is 35.2. The van der Waals surface area contributed by atoms with Crippen molar-refractivity contribution in [3.63, 3.8) is 0 Å². The van der Waals surface area contributed by atoms with Crippen molar-refractivity contribution in [3.8, 4) is 29.1 Å². The van der Waals surface area contributed by atoms with Crippen molar-refractivity contribution < 1.29 is 41.5 Å². The minimum atomic E-state index is -1.46. The van der Waals surface area contributed by atoms with E-state index in [2.05, 4.69) is 49.1 Å². The van der Waals surface area contributed by atoms with E-state index in [-0.39, 0.29) is 38.6 Å². The fourth-order valence-electron chi connectivity index (χ4n) is 8.40. The van der Waals surface area contributed by atoms with Crippen LogP contribution in [0.4, 0.5) is 0 Å². The van der Waals surface area contributed by atoms with Gasteiger partial charge in [-0.3, -0.25) is 19.1 Å². The Balaban J connectivity index is 0.000000325. The van der Waals surface area contributed by atoms with Gasteiger partial charge in [-0.15, -0.1) is 0 Å². The summed E-state index contributed by atoms with van der Waals surface area (Å²) < 4.78 is 60.4. The number of hydrogen-bond acceptors (Lipinski definition) is 13. The van der Waals surface area contributed by atoms with Crippen LogP contribution < -0.4 is 29.6 Å². The second-order valence-corrected chi connectivity index (χ2v) is 20.9. The maximum Gasteiger partial charge on any atom is 0.260 e. The zero-order valence-corrected chi connectivity index (χ0v) is 46.7. The van der Waals surface area contributed by atoms with Gasteiger partial charge >= 0.3 is 0 Å². The Kier molecular flexibility index (Phi) is 24.7. The minimum absolute atomic E-state index is 0.147. The normalized spacial score (nSPS) is 12.6. The predicted molar refractivity (Wildman–Crippen MR) is 295 cm³/mol. The Hall–Kier alpha value is -5.50. The van der Waals surface area contributed by atoms with Gasteiger partial charge in [-0.2, -0.15) is 5.26 Å². The molecule has 3 N–H and O–H groups in total. The van der Waals surface area contributed by atoms with Gasteiger partial charge in [0.05, 0.1) is 65.3 Å². The Morgan fingerprint density at radius 2 is 0.822 bits per heavy atom. The van der Waals surface area contributed by atoms with Crippen molar-refractivity contribution in [1.29, 1.82) is 5.26 Å². The number of aliphatic hydroxyl groups excluding tert-OH is 1. The molecule has 73 heavy (non-hydrogen) atoms. The molecule has 16 heteroatoms. The van der Waals surface area contributed by atoms with Crippen LogP contribution in [0.25, 0.3) is 0 Å². The SMILES string of the molecule is CC.COc1ccc(C(NCO)(c2ccc(OC)cc2)c2ccc(S(C)=O)cc2)cc1.COc1ccc(C(NCOP(OCCC#N)N(C(C)C)C(C)C)(c2ccc(OC)cc2)c2ccc(S(C)=O)cc2)cc1. The van der Waals surface area contributed by atoms with Gasteiger partial charge in [0.25, 0.3) is 8.53 Å². The molecule has 0 aliphatic rings. The summed E-state index contributed by atoms with van der Waals surface area (Å²) in [5.41, 5.74) is 3.96. The molecular weight excluding hydrogens is 980 g/mol. The van der Waals surface area contributed by atoms with E-state index in [0.717, 1.165) is 66.2 Å². The van der Waals surface area contributed by atoms with E-state index in [0.29, 0.717) is 0 Å². The highest BCUT2D eigenvalue weighted by molar-refractivity contribution is 7.84. The molecule has 0 aliphatic heterocycles. The summed E-state index contributed by atoms with van der Waals surface area (Å²) in [7, 11) is 2.90. The largest absolute Gasteiger partial charge is 0.497 e. The molecule has 392 valence electrons. The molecule has 0 aromatic heterocycles. The van der Waals surface area contributed by atoms with E-state index in [4.69, 9.17) is 33.3 Å². The molecule has 3 atom stereocenters. The average molecular weight is 1050 g/mol. The summed E-state index contributed by atoms with van der Waals surface area (Å²) in [6.45, 7) is 12.6. The number of rotatable bonds is 24. The van der Waals surface area contributed by atoms with Crippen LogP contribution in [0.5, 0.6) is 23.0 Å². The summed E-state index contributed by atoms with van der Waals surface area (Å²) in [5.74, 6) is 2.99. The van der Waals surface area contributed by atoms with Crippen molar-refractivity contribution in [1.82, 2.24) is 15.3 Å². The molecule has 0 radical (unpaired) electrons. The van der Waals surface area contributed by atoms with Crippen molar-refractivity contribution >= 4 is 30.1 Å². The second-order valence-electron chi connectivity index (χ2n) is 16.7. The fourth-order valence-corrected chi connectivity index (χ4v) is 11.0. The maximum atomic E-state index is 12.2. The molecule has 6 aromatic rings. The van der Waals surface area contributed by atoms with Crippen LogP contribution >= 0.6 is 8.53 Å². The first kappa shape index (κ1) is 60.1. The van der Waals surface area contributed by atoms with Crippen LogP contribution in [0, 0.1) is 11.3 Å². The molecule has 0 aliphatic carbocycles. The van der Waals surface area contributed by atoms with Crippen LogP contribution in [0.15, 0.2) is 155 Å². The first-order valence-corrected chi connectivity index (χ1v) is 28.3. The molecule has 0 fully saturated rings. The van der Waals surface area contributed by atoms with Crippen LogP contribution in [-0.4, -0.2) is 91.3 Å². The molecule has 3 unspecified atom stereocenters. The smallest absolute Gasteiger partial charge is 0.260 e. The molecule has 0 spiro atoms. The molecule has 0 saturated carbocycles. The second kappa shape index (κ2) is 30.0. The Labute approximate surface area is 440 Å². The maximum absolute atomic E-state index is 12.2. The average Bonchev–Trinajstić information content (AvgIpc) is 3.42. The molecule has 0 heterocycles. The van der Waals surface area contributed by atoms with Crippen molar-refractivity contribution in [2.24, 2.45) is 0 Å². The molecular formula is C57H73N4O9PS2. The van der Waals surface area contributed by atoms with E-state index in [9.17, 15) is 13.5 Å². The van der Waals surface area contributed by atoms with Crippen LogP contribution in [0.3, 0.4) is 0 Å². The quantitative estimate of drug-likeness (QED) is 0.0228. The van der Waals surface area contributed by atoms with Gasteiger partial charge in [0.2, 0.25) is 0 Å². The van der Waals surface area contributed by atoms with Crippen LogP contribution in [-0.2, 0) is 41.7 Å². The highest BCUT2D eigenvalue weighted by Gasteiger charge is 2.38. The minimum Gasteiger partial charge on any atom is -0.497 e. The topological polar surface area (TPSA) is 161 Å². The van der Waals surface area contributed by atoms with E-state index < -0.39 is 41.2 Å². The van der Waals surface area contributed by atoms with Gasteiger partial charge in [0.15, 0.2) is 0 Å². The molecule has 13 nitrogen and oxygen atoms in total. The number of ether oxygens (including phenoxy) is 4. The van der Waals surface area contributed by atoms with Gasteiger partial charge in [0, 0.05) is 56.0 Å². The summed E-state index contributed by atoms with van der Waals surface area (Å²) in [6, 6.07) is 49.2. The molecule has 0 bridgehead atoms. The highest BCUT2D eigenvalue weighted by atomic mass is 32.2. The number of nitrogens with zero attached hydrogens (tertiary/aromatic N) is 2. The van der Waals surface area contributed by atoms with Gasteiger partial charge in [-0.25, -0.2) is 4.67 Å². The van der Waals surface area contributed by atoms with E-state index in [1.807, 2.05) is 159 Å². The molecule has 0 amide bonds. The lowest BCUT2D eigenvalue weighted by molar-refractivity contribution is 0.159. The highest BCUT2D eigenvalue weighted by Crippen LogP contribution is 2.47. The van der Waals surface area contributed by atoms with E-state index in [1.165, 1.54) is 0 Å². The lowest BCUT2D eigenvalue weighted by Gasteiger charge is -2.39. The lowest BCUT2D eigenvalue weighted by atomic mass is 9.77. The monoisotopic (exact) mass is 1050 g/mol. The van der Waals surface area contributed by atoms with Crippen molar-refractivity contribution in [3.05, 3.63) is 179 Å².